The molecule has 0 radical (unpaired) electrons. The monoisotopic (exact) mass is 976 g/mol. The molecule has 0 fully saturated rings. The molecule has 0 heterocycles. The number of carbonyl (C=O) groups excluding carboxylic acids is 10. The number of carboxylic acid groups (broad SMARTS) is 10. The molecule has 0 saturated heterocycles. The molecule has 0 aliphatic carbocycles. The fraction of sp³-hybridized carbons (Fsp3) is 0.643. The number of carbonyl (C=O) groups is 10. The predicted octanol–water partition coefficient (Wildman–Crippen LogP) is -20.6. The molecule has 31 heteroatoms. The molecule has 0 N–H and O–H groups in total. The molecule has 0 unspecified atom stereocenters. The van der Waals surface area contributed by atoms with Crippen LogP contribution in [0.15, 0.2) is 0 Å². The van der Waals surface area contributed by atoms with Crippen molar-refractivity contribution >= 4 is 248 Å². The van der Waals surface area contributed by atoms with Gasteiger partial charge in [0.1, 0.15) is 0 Å². The van der Waals surface area contributed by atoms with Crippen LogP contribution in [0, 0.1) is 0 Å². The van der Waals surface area contributed by atoms with Gasteiger partial charge in [0, 0.05) is 118 Å². The molecular formula is C28H36Ca5N6O20. The van der Waals surface area contributed by atoms with Crippen molar-refractivity contribution in [2.24, 2.45) is 0 Å². The molecule has 0 rings (SSSR count). The average Bonchev–Trinajstić information content (AvgIpc) is 2.97. The first kappa shape index (κ1) is 74.1. The predicted molar refractivity (Wildman–Crippen MR) is 177 cm³/mol. The second kappa shape index (κ2) is 44.0. The van der Waals surface area contributed by atoms with Gasteiger partial charge in [0.15, 0.2) is 0 Å². The van der Waals surface area contributed by atoms with Gasteiger partial charge in [-0.05, 0) is 0 Å². The summed E-state index contributed by atoms with van der Waals surface area (Å²) in [6.07, 6.45) is 0. The number of nitrogens with zero attached hydrogens (tertiary/aromatic N) is 6. The van der Waals surface area contributed by atoms with E-state index in [0.29, 0.717) is 0 Å². The van der Waals surface area contributed by atoms with Gasteiger partial charge in [-0.1, -0.05) is 0 Å². The molecule has 0 aromatic heterocycles. The van der Waals surface area contributed by atoms with Crippen LogP contribution in [0.5, 0.6) is 0 Å². The summed E-state index contributed by atoms with van der Waals surface area (Å²) in [7, 11) is 0. The molecule has 0 aromatic carbocycles. The first-order valence-electron chi connectivity index (χ1n) is 15.3. The molecule has 0 bridgehead atoms. The summed E-state index contributed by atoms with van der Waals surface area (Å²) in [5.74, 6) is -15.3. The minimum absolute atomic E-state index is 0. The van der Waals surface area contributed by atoms with Gasteiger partial charge in [-0.25, -0.2) is 0 Å². The van der Waals surface area contributed by atoms with Crippen LogP contribution >= 0.6 is 0 Å². The Morgan fingerprint density at radius 1 is 0.203 bits per heavy atom. The minimum Gasteiger partial charge on any atom is -0.549 e. The Morgan fingerprint density at radius 3 is 0.390 bits per heavy atom. The van der Waals surface area contributed by atoms with E-state index in [1.54, 1.807) is 0 Å². The number of hydrogen-bond donors (Lipinski definition) is 0. The number of carboxylic acids is 10. The van der Waals surface area contributed by atoms with Crippen molar-refractivity contribution in [2.45, 2.75) is 0 Å². The van der Waals surface area contributed by atoms with Gasteiger partial charge in [-0.15, -0.1) is 0 Å². The molecule has 0 aliphatic rings. The van der Waals surface area contributed by atoms with E-state index >= 15 is 0 Å². The van der Waals surface area contributed by atoms with Gasteiger partial charge >= 0.3 is 189 Å². The summed E-state index contributed by atoms with van der Waals surface area (Å²) >= 11 is 0. The second-order valence-electron chi connectivity index (χ2n) is 11.1. The zero-order valence-electron chi connectivity index (χ0n) is 32.1. The topological polar surface area (TPSA) is 421 Å². The van der Waals surface area contributed by atoms with Crippen LogP contribution in [-0.4, -0.2) is 396 Å². The van der Waals surface area contributed by atoms with E-state index in [9.17, 15) is 99.0 Å². The zero-order valence-corrected chi connectivity index (χ0v) is 43.2. The summed E-state index contributed by atoms with van der Waals surface area (Å²) in [5.41, 5.74) is 0. The number of hydrogen-bond acceptors (Lipinski definition) is 26. The van der Waals surface area contributed by atoms with Crippen molar-refractivity contribution < 1.29 is 99.0 Å². The van der Waals surface area contributed by atoms with E-state index in [1.807, 2.05) is 0 Å². The van der Waals surface area contributed by atoms with Crippen LogP contribution in [0.4, 0.5) is 0 Å². The molecule has 0 aliphatic heterocycles. The van der Waals surface area contributed by atoms with Crippen molar-refractivity contribution in [1.29, 1.82) is 0 Å². The minimum atomic E-state index is -1.54. The maximum Gasteiger partial charge on any atom is 2.00 e. The van der Waals surface area contributed by atoms with Crippen LogP contribution in [0.2, 0.25) is 0 Å². The van der Waals surface area contributed by atoms with Gasteiger partial charge in [-0.3, -0.25) is 29.4 Å². The number of rotatable bonds is 32. The molecule has 0 spiro atoms. The SMILES string of the molecule is O=C([O-])CN(CCN(CC(=O)[O-])CC(=O)[O-])CCN(CC(=O)[O-])CC(=O)[O-].O=C([O-])CN(CCN(CC(=O)[O-])CC(=O)[O-])CCN(CC(=O)[O-])CC(=O)[O-].[Ca+2].[Ca+2].[Ca+2].[Ca+2].[Ca+2]. The van der Waals surface area contributed by atoms with Crippen LogP contribution in [0.1, 0.15) is 0 Å². The Bertz CT molecular complexity index is 1080. The van der Waals surface area contributed by atoms with Crippen LogP contribution in [0.3, 0.4) is 0 Å². The Balaban J connectivity index is -0.000000169. The van der Waals surface area contributed by atoms with E-state index in [0.717, 1.165) is 19.6 Å². The van der Waals surface area contributed by atoms with Gasteiger partial charge in [0.2, 0.25) is 0 Å². The number of aliphatic carboxylic acids is 10. The van der Waals surface area contributed by atoms with E-state index in [4.69, 9.17) is 0 Å². The molecular weight excluding hydrogens is 941 g/mol. The third kappa shape index (κ3) is 51.3. The molecule has 59 heavy (non-hydrogen) atoms. The van der Waals surface area contributed by atoms with E-state index < -0.39 is 125 Å². The third-order valence-electron chi connectivity index (χ3n) is 6.46. The van der Waals surface area contributed by atoms with Crippen LogP contribution < -0.4 is 51.1 Å². The summed E-state index contributed by atoms with van der Waals surface area (Å²) in [4.78, 5) is 113. The van der Waals surface area contributed by atoms with Crippen LogP contribution in [-0.2, 0) is 47.9 Å². The molecule has 0 amide bonds. The molecule has 308 valence electrons. The normalized spacial score (nSPS) is 10.1. The first-order chi connectivity index (χ1) is 25.0. The summed E-state index contributed by atoms with van der Waals surface area (Å²) in [6, 6.07) is 0. The van der Waals surface area contributed by atoms with E-state index in [1.165, 1.54) is 9.80 Å². The zero-order chi connectivity index (χ0) is 42.0. The molecule has 0 atom stereocenters. The van der Waals surface area contributed by atoms with Crippen molar-refractivity contribution in [3.63, 3.8) is 0 Å². The van der Waals surface area contributed by atoms with Crippen molar-refractivity contribution in [3.05, 3.63) is 0 Å². The van der Waals surface area contributed by atoms with Crippen molar-refractivity contribution in [2.75, 3.05) is 118 Å². The fourth-order valence-electron chi connectivity index (χ4n) is 4.35. The maximum absolute atomic E-state index is 10.8. The quantitative estimate of drug-likeness (QED) is 0.0565. The average molecular weight is 977 g/mol. The van der Waals surface area contributed by atoms with Gasteiger partial charge in [0.05, 0.1) is 59.7 Å². The Hall–Kier alpha value is 0.759. The third-order valence-corrected chi connectivity index (χ3v) is 6.46. The van der Waals surface area contributed by atoms with Crippen molar-refractivity contribution in [1.82, 2.24) is 29.4 Å². The van der Waals surface area contributed by atoms with Crippen molar-refractivity contribution in [3.8, 4) is 0 Å². The second-order valence-corrected chi connectivity index (χ2v) is 11.1. The fourth-order valence-corrected chi connectivity index (χ4v) is 4.35. The molecule has 0 aromatic rings. The maximum atomic E-state index is 10.8. The van der Waals surface area contributed by atoms with Gasteiger partial charge in [0.25, 0.3) is 0 Å². The largest absolute Gasteiger partial charge is 2.00 e. The first-order valence-corrected chi connectivity index (χ1v) is 15.3. The summed E-state index contributed by atoms with van der Waals surface area (Å²) < 4.78 is 0. The Labute approximate surface area is 486 Å². The molecule has 0 saturated carbocycles. The van der Waals surface area contributed by atoms with E-state index in [-0.39, 0.29) is 241 Å². The smallest absolute Gasteiger partial charge is 0.549 e. The van der Waals surface area contributed by atoms with Crippen LogP contribution in [0.25, 0.3) is 0 Å². The summed E-state index contributed by atoms with van der Waals surface area (Å²) in [5, 5.41) is 107. The Morgan fingerprint density at radius 2 is 0.288 bits per heavy atom. The van der Waals surface area contributed by atoms with Gasteiger partial charge in [-0.2, -0.15) is 0 Å². The molecule has 26 nitrogen and oxygen atoms in total. The van der Waals surface area contributed by atoms with E-state index in [2.05, 4.69) is 0 Å². The Kier molecular flexibility index (Phi) is 55.3. The summed E-state index contributed by atoms with van der Waals surface area (Å²) in [6.45, 7) is -8.32. The standard InChI is InChI=1S/2C14H23N3O10.5Ca/c2*18-10(19)5-15(1-3-16(6-11(20)21)7-12(22)23)2-4-17(8-13(24)25)9-14(26)27;;;;;/h2*1-9H2,(H,18,19)(H,20,21)(H,22,23)(H,24,25)(H,26,27);;;;;/q;;5*+2/p-10. The van der Waals surface area contributed by atoms with Gasteiger partial charge < -0.3 is 99.0 Å².